The Kier molecular flexibility index (Phi) is 7.98. The minimum absolute atomic E-state index is 0.188. The summed E-state index contributed by atoms with van der Waals surface area (Å²) < 4.78 is 5.04. The van der Waals surface area contributed by atoms with Crippen molar-refractivity contribution in [1.29, 1.82) is 0 Å². The topological polar surface area (TPSA) is 129 Å². The first-order valence-corrected chi connectivity index (χ1v) is 10.9. The highest BCUT2D eigenvalue weighted by atomic mass is 32.1. The van der Waals surface area contributed by atoms with Crippen molar-refractivity contribution in [1.82, 2.24) is 20.9 Å². The zero-order chi connectivity index (χ0) is 22.9. The molecule has 4 amide bonds. The third kappa shape index (κ3) is 6.67. The molecule has 2 aromatic heterocycles. The fourth-order valence-corrected chi connectivity index (χ4v) is 3.87. The minimum atomic E-state index is -0.973. The Morgan fingerprint density at radius 2 is 1.94 bits per heavy atom. The van der Waals surface area contributed by atoms with E-state index in [9.17, 15) is 19.2 Å². The fourth-order valence-electron chi connectivity index (χ4n) is 3.16. The molecule has 2 heterocycles. The number of thiophene rings is 1. The number of esters is 1. The van der Waals surface area contributed by atoms with Gasteiger partial charge in [0.2, 0.25) is 5.91 Å². The quantitative estimate of drug-likeness (QED) is 0.366. The van der Waals surface area contributed by atoms with E-state index in [1.54, 1.807) is 17.5 Å². The Labute approximate surface area is 188 Å². The molecule has 4 N–H and O–H groups in total. The van der Waals surface area contributed by atoms with Crippen molar-refractivity contribution in [2.24, 2.45) is 0 Å². The van der Waals surface area contributed by atoms with Crippen molar-refractivity contribution >= 4 is 46.1 Å². The van der Waals surface area contributed by atoms with Gasteiger partial charge in [-0.25, -0.2) is 9.59 Å². The first-order valence-electron chi connectivity index (χ1n) is 10.0. The number of fused-ring (bicyclic) bond motifs is 1. The molecular formula is C22H24N4O5S. The van der Waals surface area contributed by atoms with E-state index in [1.165, 1.54) is 6.92 Å². The lowest BCUT2D eigenvalue weighted by molar-refractivity contribution is -0.151. The molecule has 1 atom stereocenters. The molecule has 0 unspecified atom stereocenters. The normalized spacial score (nSPS) is 11.5. The standard InChI is InChI=1S/C22H24N4O5S/c1-14(27)25-19(11-15-12-24-18-7-3-2-6-17(15)18)21(29)31-13-20(28)26-22(30)23-9-8-16-5-4-10-32-16/h2-7,10,12,19,24H,8-9,11,13H2,1H3,(H,25,27)(H2,23,26,28,30)/t19-/m0/s1. The molecule has 9 nitrogen and oxygen atoms in total. The molecule has 0 aliphatic heterocycles. The molecule has 0 aliphatic rings. The molecular weight excluding hydrogens is 432 g/mol. The van der Waals surface area contributed by atoms with E-state index in [2.05, 4.69) is 20.9 Å². The van der Waals surface area contributed by atoms with Gasteiger partial charge in [0, 0.05) is 41.9 Å². The molecule has 1 aromatic carbocycles. The van der Waals surface area contributed by atoms with Gasteiger partial charge in [-0.3, -0.25) is 14.9 Å². The number of imide groups is 1. The van der Waals surface area contributed by atoms with Crippen LogP contribution < -0.4 is 16.0 Å². The summed E-state index contributed by atoms with van der Waals surface area (Å²) in [7, 11) is 0. The second-order valence-electron chi connectivity index (χ2n) is 7.06. The Morgan fingerprint density at radius 1 is 1.12 bits per heavy atom. The second kappa shape index (κ2) is 11.1. The van der Waals surface area contributed by atoms with Gasteiger partial charge in [-0.05, 0) is 29.5 Å². The summed E-state index contributed by atoms with van der Waals surface area (Å²) in [6, 6.07) is 9.81. The average Bonchev–Trinajstić information content (AvgIpc) is 3.41. The number of carbonyl (C=O) groups excluding carboxylic acids is 4. The smallest absolute Gasteiger partial charge is 0.329 e. The molecule has 3 aromatic rings. The Morgan fingerprint density at radius 3 is 2.69 bits per heavy atom. The molecule has 3 rings (SSSR count). The van der Waals surface area contributed by atoms with E-state index in [0.717, 1.165) is 21.3 Å². The number of para-hydroxylation sites is 1. The summed E-state index contributed by atoms with van der Waals surface area (Å²) in [6.07, 6.45) is 2.60. The van der Waals surface area contributed by atoms with E-state index in [4.69, 9.17) is 4.74 Å². The highest BCUT2D eigenvalue weighted by Gasteiger charge is 2.24. The lowest BCUT2D eigenvalue weighted by atomic mass is 10.0. The number of aromatic amines is 1. The number of rotatable bonds is 9. The minimum Gasteiger partial charge on any atom is -0.454 e. The zero-order valence-corrected chi connectivity index (χ0v) is 18.3. The van der Waals surface area contributed by atoms with E-state index in [1.807, 2.05) is 41.8 Å². The van der Waals surface area contributed by atoms with Gasteiger partial charge in [-0.2, -0.15) is 0 Å². The molecule has 168 valence electrons. The van der Waals surface area contributed by atoms with Crippen LogP contribution in [0.5, 0.6) is 0 Å². The van der Waals surface area contributed by atoms with Gasteiger partial charge in [0.25, 0.3) is 5.91 Å². The zero-order valence-electron chi connectivity index (χ0n) is 17.5. The molecule has 0 fully saturated rings. The largest absolute Gasteiger partial charge is 0.454 e. The number of hydrogen-bond donors (Lipinski definition) is 4. The molecule has 0 radical (unpaired) electrons. The number of ether oxygens (including phenoxy) is 1. The third-order valence-electron chi connectivity index (χ3n) is 4.60. The van der Waals surface area contributed by atoms with Crippen LogP contribution in [0.2, 0.25) is 0 Å². The maximum atomic E-state index is 12.5. The Balaban J connectivity index is 1.48. The van der Waals surface area contributed by atoms with Crippen molar-refractivity contribution in [3.63, 3.8) is 0 Å². The predicted molar refractivity (Wildman–Crippen MR) is 120 cm³/mol. The maximum Gasteiger partial charge on any atom is 0.329 e. The summed E-state index contributed by atoms with van der Waals surface area (Å²) in [6.45, 7) is 1.03. The molecule has 0 saturated carbocycles. The number of urea groups is 1. The summed E-state index contributed by atoms with van der Waals surface area (Å²) in [5, 5.41) is 10.1. The van der Waals surface area contributed by atoms with E-state index < -0.39 is 36.5 Å². The van der Waals surface area contributed by atoms with Gasteiger partial charge >= 0.3 is 12.0 Å². The summed E-state index contributed by atoms with van der Waals surface area (Å²) in [5.74, 6) is -1.93. The van der Waals surface area contributed by atoms with Gasteiger partial charge < -0.3 is 20.4 Å². The number of H-pyrrole nitrogens is 1. The van der Waals surface area contributed by atoms with Crippen LogP contribution in [0.1, 0.15) is 17.4 Å². The predicted octanol–water partition coefficient (Wildman–Crippen LogP) is 1.89. The van der Waals surface area contributed by atoms with Gasteiger partial charge in [0.15, 0.2) is 6.61 Å². The Bertz CT molecular complexity index is 1090. The van der Waals surface area contributed by atoms with Crippen LogP contribution >= 0.6 is 11.3 Å². The summed E-state index contributed by atoms with van der Waals surface area (Å²) in [5.41, 5.74) is 1.73. The van der Waals surface area contributed by atoms with E-state index in [-0.39, 0.29) is 6.42 Å². The van der Waals surface area contributed by atoms with Gasteiger partial charge in [0.1, 0.15) is 6.04 Å². The van der Waals surface area contributed by atoms with Crippen molar-refractivity contribution in [2.75, 3.05) is 13.2 Å². The lowest BCUT2D eigenvalue weighted by Gasteiger charge is -2.16. The number of nitrogens with one attached hydrogen (secondary N) is 4. The van der Waals surface area contributed by atoms with Crippen LogP contribution in [-0.4, -0.2) is 48.0 Å². The van der Waals surface area contributed by atoms with Gasteiger partial charge in [-0.1, -0.05) is 24.3 Å². The van der Waals surface area contributed by atoms with Crippen LogP contribution in [0.3, 0.4) is 0 Å². The monoisotopic (exact) mass is 456 g/mol. The summed E-state index contributed by atoms with van der Waals surface area (Å²) >= 11 is 1.58. The average molecular weight is 457 g/mol. The Hall–Kier alpha value is -3.66. The number of hydrogen-bond acceptors (Lipinski definition) is 6. The molecule has 0 aliphatic carbocycles. The number of benzene rings is 1. The fraction of sp³-hybridized carbons (Fsp3) is 0.273. The highest BCUT2D eigenvalue weighted by Crippen LogP contribution is 2.19. The van der Waals surface area contributed by atoms with Crippen molar-refractivity contribution in [3.8, 4) is 0 Å². The van der Waals surface area contributed by atoms with Crippen LogP contribution in [-0.2, 0) is 32.0 Å². The second-order valence-corrected chi connectivity index (χ2v) is 8.09. The molecule has 0 saturated heterocycles. The number of amides is 4. The van der Waals surface area contributed by atoms with Crippen LogP contribution in [0, 0.1) is 0 Å². The van der Waals surface area contributed by atoms with Crippen molar-refractivity contribution in [3.05, 3.63) is 58.4 Å². The first-order chi connectivity index (χ1) is 15.4. The van der Waals surface area contributed by atoms with Gasteiger partial charge in [-0.15, -0.1) is 11.3 Å². The highest BCUT2D eigenvalue weighted by molar-refractivity contribution is 7.09. The number of carbonyl (C=O) groups is 4. The van der Waals surface area contributed by atoms with Crippen LogP contribution in [0.25, 0.3) is 10.9 Å². The molecule has 0 bridgehead atoms. The summed E-state index contributed by atoms with van der Waals surface area (Å²) in [4.78, 5) is 52.0. The third-order valence-corrected chi connectivity index (χ3v) is 5.53. The number of aromatic nitrogens is 1. The lowest BCUT2D eigenvalue weighted by Crippen LogP contribution is -2.45. The van der Waals surface area contributed by atoms with E-state index >= 15 is 0 Å². The molecule has 0 spiro atoms. The molecule has 10 heteroatoms. The van der Waals surface area contributed by atoms with Crippen molar-refractivity contribution < 1.29 is 23.9 Å². The SMILES string of the molecule is CC(=O)N[C@@H](Cc1c[nH]c2ccccc12)C(=O)OCC(=O)NC(=O)NCCc1cccs1. The first kappa shape index (κ1) is 23.0. The molecule has 32 heavy (non-hydrogen) atoms. The maximum absolute atomic E-state index is 12.5. The van der Waals surface area contributed by atoms with Gasteiger partial charge in [0.05, 0.1) is 0 Å². The van der Waals surface area contributed by atoms with E-state index in [0.29, 0.717) is 13.0 Å². The van der Waals surface area contributed by atoms with Crippen LogP contribution in [0.4, 0.5) is 4.79 Å². The van der Waals surface area contributed by atoms with Crippen LogP contribution in [0.15, 0.2) is 48.0 Å². The van der Waals surface area contributed by atoms with Crippen molar-refractivity contribution in [2.45, 2.75) is 25.8 Å².